The Kier molecular flexibility index (Phi) is 5.48. The monoisotopic (exact) mass is 375 g/mol. The first-order chi connectivity index (χ1) is 12.4. The third-order valence-corrected chi connectivity index (χ3v) is 6.10. The van der Waals surface area contributed by atoms with E-state index in [4.69, 9.17) is 4.74 Å². The molecule has 0 spiro atoms. The number of nitrogens with zero attached hydrogens (tertiary/aromatic N) is 2. The predicted molar refractivity (Wildman–Crippen MR) is 102 cm³/mol. The minimum absolute atomic E-state index is 0.178. The summed E-state index contributed by atoms with van der Waals surface area (Å²) in [4.78, 5) is 6.66. The summed E-state index contributed by atoms with van der Waals surface area (Å²) in [6, 6.07) is 9.62. The van der Waals surface area contributed by atoms with Crippen molar-refractivity contribution in [1.29, 1.82) is 0 Å². The van der Waals surface area contributed by atoms with Gasteiger partial charge >= 0.3 is 0 Å². The second kappa shape index (κ2) is 7.63. The number of aryl methyl sites for hydroxylation is 2. The van der Waals surface area contributed by atoms with Crippen LogP contribution in [0.3, 0.4) is 0 Å². The van der Waals surface area contributed by atoms with Gasteiger partial charge in [-0.25, -0.2) is 18.1 Å². The Morgan fingerprint density at radius 2 is 1.88 bits per heavy atom. The Balaban J connectivity index is 1.61. The standard InChI is InChI=1S/C19H25N3O3S/c1-14-4-5-15(2)18(12-14)25-16-8-10-22(11-9-16)19-7-6-17(13-21-19)26(23,24)20-3/h4-7,12-13,16,20H,8-11H2,1-3H3. The van der Waals surface area contributed by atoms with E-state index in [1.807, 2.05) is 0 Å². The van der Waals surface area contributed by atoms with Gasteiger partial charge in [-0.15, -0.1) is 0 Å². The zero-order valence-corrected chi connectivity index (χ0v) is 16.2. The van der Waals surface area contributed by atoms with Crippen LogP contribution in [0.25, 0.3) is 0 Å². The molecular formula is C19H25N3O3S. The molecule has 0 atom stereocenters. The summed E-state index contributed by atoms with van der Waals surface area (Å²) in [5, 5.41) is 0. The van der Waals surface area contributed by atoms with Gasteiger partial charge in [0.1, 0.15) is 22.6 Å². The van der Waals surface area contributed by atoms with Crippen molar-refractivity contribution in [3.63, 3.8) is 0 Å². The van der Waals surface area contributed by atoms with E-state index < -0.39 is 10.0 Å². The van der Waals surface area contributed by atoms with E-state index >= 15 is 0 Å². The molecular weight excluding hydrogens is 350 g/mol. The van der Waals surface area contributed by atoms with Crippen molar-refractivity contribution in [3.8, 4) is 5.75 Å². The number of hydrogen-bond acceptors (Lipinski definition) is 5. The molecule has 0 aliphatic carbocycles. The Bertz CT molecular complexity index is 858. The number of aromatic nitrogens is 1. The highest BCUT2D eigenvalue weighted by molar-refractivity contribution is 7.89. The Hall–Kier alpha value is -2.12. The molecule has 1 saturated heterocycles. The van der Waals surface area contributed by atoms with Crippen LogP contribution in [0.2, 0.25) is 0 Å². The van der Waals surface area contributed by atoms with Crippen molar-refractivity contribution >= 4 is 15.8 Å². The summed E-state index contributed by atoms with van der Waals surface area (Å²) in [6.45, 7) is 5.80. The average Bonchev–Trinajstić information content (AvgIpc) is 2.65. The van der Waals surface area contributed by atoms with E-state index in [0.29, 0.717) is 0 Å². The molecule has 140 valence electrons. The number of hydrogen-bond donors (Lipinski definition) is 1. The molecule has 2 aromatic rings. The molecule has 1 aromatic heterocycles. The van der Waals surface area contributed by atoms with E-state index in [2.05, 4.69) is 46.7 Å². The zero-order chi connectivity index (χ0) is 18.7. The van der Waals surface area contributed by atoms with E-state index in [1.54, 1.807) is 12.1 Å². The van der Waals surface area contributed by atoms with Crippen molar-refractivity contribution in [2.24, 2.45) is 0 Å². The molecule has 1 N–H and O–H groups in total. The number of anilines is 1. The first kappa shape index (κ1) is 18.7. The summed E-state index contributed by atoms with van der Waals surface area (Å²) >= 11 is 0. The van der Waals surface area contributed by atoms with Gasteiger partial charge in [0.25, 0.3) is 0 Å². The normalized spacial score (nSPS) is 15.9. The molecule has 0 bridgehead atoms. The molecule has 6 nitrogen and oxygen atoms in total. The van der Waals surface area contributed by atoms with Crippen LogP contribution in [0.15, 0.2) is 41.4 Å². The quantitative estimate of drug-likeness (QED) is 0.870. The number of sulfonamides is 1. The zero-order valence-electron chi connectivity index (χ0n) is 15.4. The van der Waals surface area contributed by atoms with Gasteiger partial charge in [-0.1, -0.05) is 12.1 Å². The van der Waals surface area contributed by atoms with Crippen LogP contribution in [-0.2, 0) is 10.0 Å². The maximum absolute atomic E-state index is 11.8. The lowest BCUT2D eigenvalue weighted by molar-refractivity contribution is 0.169. The van der Waals surface area contributed by atoms with Crippen LogP contribution in [0.5, 0.6) is 5.75 Å². The van der Waals surface area contributed by atoms with Gasteiger partial charge in [-0.2, -0.15) is 0 Å². The lowest BCUT2D eigenvalue weighted by atomic mass is 10.1. The summed E-state index contributed by atoms with van der Waals surface area (Å²) in [5.41, 5.74) is 2.35. The van der Waals surface area contributed by atoms with Crippen LogP contribution in [0, 0.1) is 13.8 Å². The first-order valence-corrected chi connectivity index (χ1v) is 10.3. The smallest absolute Gasteiger partial charge is 0.241 e. The van der Waals surface area contributed by atoms with Gasteiger partial charge in [-0.05, 0) is 50.2 Å². The van der Waals surface area contributed by atoms with Crippen LogP contribution in [0.1, 0.15) is 24.0 Å². The van der Waals surface area contributed by atoms with Gasteiger partial charge in [0.05, 0.1) is 0 Å². The second-order valence-electron chi connectivity index (χ2n) is 6.63. The molecule has 3 rings (SSSR count). The summed E-state index contributed by atoms with van der Waals surface area (Å²) in [6.07, 6.45) is 3.41. The molecule has 0 unspecified atom stereocenters. The average molecular weight is 375 g/mol. The van der Waals surface area contributed by atoms with Crippen molar-refractivity contribution in [3.05, 3.63) is 47.7 Å². The minimum Gasteiger partial charge on any atom is -0.490 e. The fourth-order valence-electron chi connectivity index (χ4n) is 3.05. The molecule has 2 heterocycles. The topological polar surface area (TPSA) is 71.5 Å². The highest BCUT2D eigenvalue weighted by Gasteiger charge is 2.22. The largest absolute Gasteiger partial charge is 0.490 e. The molecule has 1 aromatic carbocycles. The number of benzene rings is 1. The molecule has 1 aliphatic heterocycles. The van der Waals surface area contributed by atoms with Gasteiger partial charge < -0.3 is 9.64 Å². The van der Waals surface area contributed by atoms with Gasteiger partial charge in [0, 0.05) is 32.1 Å². The molecule has 1 fully saturated rings. The Labute approximate surface area is 155 Å². The first-order valence-electron chi connectivity index (χ1n) is 8.77. The highest BCUT2D eigenvalue weighted by atomic mass is 32.2. The molecule has 0 saturated carbocycles. The second-order valence-corrected chi connectivity index (χ2v) is 8.52. The SMILES string of the molecule is CNS(=O)(=O)c1ccc(N2CCC(Oc3cc(C)ccc3C)CC2)nc1. The lowest BCUT2D eigenvalue weighted by Crippen LogP contribution is -2.38. The van der Waals surface area contributed by atoms with Gasteiger partial charge in [0.2, 0.25) is 10.0 Å². The predicted octanol–water partition coefficient (Wildman–Crippen LogP) is 2.65. The van der Waals surface area contributed by atoms with Crippen LogP contribution in [-0.4, -0.2) is 39.6 Å². The molecule has 0 amide bonds. The van der Waals surface area contributed by atoms with Crippen molar-refractivity contribution in [2.75, 3.05) is 25.0 Å². The van der Waals surface area contributed by atoms with Gasteiger partial charge in [0.15, 0.2) is 0 Å². The number of piperidine rings is 1. The summed E-state index contributed by atoms with van der Waals surface area (Å²) < 4.78 is 32.0. The molecule has 7 heteroatoms. The van der Waals surface area contributed by atoms with Crippen molar-refractivity contribution in [2.45, 2.75) is 37.7 Å². The Morgan fingerprint density at radius 3 is 2.50 bits per heavy atom. The Morgan fingerprint density at radius 1 is 1.15 bits per heavy atom. The fourth-order valence-corrected chi connectivity index (χ4v) is 3.73. The molecule has 1 aliphatic rings. The van der Waals surface area contributed by atoms with Crippen LogP contribution in [0.4, 0.5) is 5.82 Å². The lowest BCUT2D eigenvalue weighted by Gasteiger charge is -2.33. The van der Waals surface area contributed by atoms with Gasteiger partial charge in [-0.3, -0.25) is 0 Å². The summed E-state index contributed by atoms with van der Waals surface area (Å²) in [7, 11) is -2.05. The van der Waals surface area contributed by atoms with Crippen LogP contribution >= 0.6 is 0 Å². The van der Waals surface area contributed by atoms with E-state index in [-0.39, 0.29) is 11.0 Å². The molecule has 26 heavy (non-hydrogen) atoms. The van der Waals surface area contributed by atoms with Crippen LogP contribution < -0.4 is 14.4 Å². The maximum Gasteiger partial charge on any atom is 0.241 e. The highest BCUT2D eigenvalue weighted by Crippen LogP contribution is 2.25. The number of ether oxygens (including phenoxy) is 1. The number of rotatable bonds is 5. The molecule has 0 radical (unpaired) electrons. The van der Waals surface area contributed by atoms with E-state index in [9.17, 15) is 8.42 Å². The number of nitrogens with one attached hydrogen (secondary N) is 1. The third-order valence-electron chi connectivity index (χ3n) is 4.70. The third kappa shape index (κ3) is 4.16. The van der Waals surface area contributed by atoms with E-state index in [1.165, 1.54) is 18.8 Å². The van der Waals surface area contributed by atoms with Crippen molar-refractivity contribution in [1.82, 2.24) is 9.71 Å². The van der Waals surface area contributed by atoms with E-state index in [0.717, 1.165) is 43.1 Å². The summed E-state index contributed by atoms with van der Waals surface area (Å²) in [5.74, 6) is 1.76. The fraction of sp³-hybridized carbons (Fsp3) is 0.421. The van der Waals surface area contributed by atoms with Crippen molar-refractivity contribution < 1.29 is 13.2 Å². The maximum atomic E-state index is 11.8. The minimum atomic E-state index is -3.45. The number of pyridine rings is 1.